The van der Waals surface area contributed by atoms with Crippen LogP contribution < -0.4 is 11.1 Å². The van der Waals surface area contributed by atoms with Gasteiger partial charge in [0.1, 0.15) is 0 Å². The monoisotopic (exact) mass is 170 g/mol. The van der Waals surface area contributed by atoms with Crippen LogP contribution >= 0.6 is 0 Å². The Morgan fingerprint density at radius 2 is 2.00 bits per heavy atom. The van der Waals surface area contributed by atoms with Crippen LogP contribution in [-0.4, -0.2) is 18.1 Å². The summed E-state index contributed by atoms with van der Waals surface area (Å²) in [5.74, 6) is 0. The first-order chi connectivity index (χ1) is 5.64. The Bertz CT molecular complexity index is 126. The third kappa shape index (κ3) is 3.11. The number of hydrogen-bond donors (Lipinski definition) is 2. The molecule has 0 bridgehead atoms. The predicted octanol–water partition coefficient (Wildman–Crippen LogP) is 1.65. The van der Waals surface area contributed by atoms with E-state index in [2.05, 4.69) is 19.2 Å². The molecule has 1 rings (SSSR count). The van der Waals surface area contributed by atoms with Crippen LogP contribution in [0.3, 0.4) is 0 Å². The molecule has 0 saturated heterocycles. The van der Waals surface area contributed by atoms with E-state index in [9.17, 15) is 0 Å². The van der Waals surface area contributed by atoms with Crippen molar-refractivity contribution in [1.29, 1.82) is 0 Å². The molecule has 0 heterocycles. The molecule has 0 radical (unpaired) electrons. The SMILES string of the molecule is CCC(C)(N)CNC1CCCC1. The lowest BCUT2D eigenvalue weighted by atomic mass is 10.0. The molecule has 2 nitrogen and oxygen atoms in total. The van der Waals surface area contributed by atoms with Gasteiger partial charge >= 0.3 is 0 Å². The number of nitrogens with one attached hydrogen (secondary N) is 1. The highest BCUT2D eigenvalue weighted by molar-refractivity contribution is 4.83. The van der Waals surface area contributed by atoms with E-state index in [4.69, 9.17) is 5.73 Å². The number of nitrogens with two attached hydrogens (primary N) is 1. The van der Waals surface area contributed by atoms with Crippen LogP contribution in [0.15, 0.2) is 0 Å². The molecule has 1 atom stereocenters. The van der Waals surface area contributed by atoms with Gasteiger partial charge in [0.15, 0.2) is 0 Å². The smallest absolute Gasteiger partial charge is 0.0249 e. The maximum Gasteiger partial charge on any atom is 0.0249 e. The van der Waals surface area contributed by atoms with E-state index >= 15 is 0 Å². The molecule has 0 aromatic heterocycles. The molecule has 1 aliphatic carbocycles. The van der Waals surface area contributed by atoms with E-state index in [1.54, 1.807) is 0 Å². The summed E-state index contributed by atoms with van der Waals surface area (Å²) in [5, 5.41) is 3.55. The van der Waals surface area contributed by atoms with Crippen molar-refractivity contribution < 1.29 is 0 Å². The molecule has 12 heavy (non-hydrogen) atoms. The molecule has 0 aromatic carbocycles. The zero-order valence-corrected chi connectivity index (χ0v) is 8.40. The first kappa shape index (κ1) is 10.0. The maximum absolute atomic E-state index is 6.03. The van der Waals surface area contributed by atoms with Gasteiger partial charge in [0.05, 0.1) is 0 Å². The van der Waals surface area contributed by atoms with Gasteiger partial charge in [-0.3, -0.25) is 0 Å². The molecular formula is C10H22N2. The Morgan fingerprint density at radius 3 is 2.50 bits per heavy atom. The van der Waals surface area contributed by atoms with E-state index in [1.165, 1.54) is 25.7 Å². The summed E-state index contributed by atoms with van der Waals surface area (Å²) in [4.78, 5) is 0. The fourth-order valence-corrected chi connectivity index (χ4v) is 1.63. The quantitative estimate of drug-likeness (QED) is 0.673. The Labute approximate surface area is 75.9 Å². The van der Waals surface area contributed by atoms with Gasteiger partial charge in [0, 0.05) is 18.1 Å². The van der Waals surface area contributed by atoms with E-state index in [0.717, 1.165) is 19.0 Å². The fraction of sp³-hybridized carbons (Fsp3) is 1.00. The lowest BCUT2D eigenvalue weighted by molar-refractivity contribution is 0.383. The van der Waals surface area contributed by atoms with Crippen LogP contribution in [-0.2, 0) is 0 Å². The lowest BCUT2D eigenvalue weighted by Crippen LogP contribution is -2.47. The summed E-state index contributed by atoms with van der Waals surface area (Å²) in [5.41, 5.74) is 6.02. The van der Waals surface area contributed by atoms with Crippen LogP contribution in [0.1, 0.15) is 46.0 Å². The second-order valence-corrected chi connectivity index (χ2v) is 4.37. The molecule has 0 aromatic rings. The van der Waals surface area contributed by atoms with Gasteiger partial charge in [0.2, 0.25) is 0 Å². The first-order valence-corrected chi connectivity index (χ1v) is 5.16. The molecular weight excluding hydrogens is 148 g/mol. The summed E-state index contributed by atoms with van der Waals surface area (Å²) in [6.07, 6.45) is 6.53. The largest absolute Gasteiger partial charge is 0.324 e. The average molecular weight is 170 g/mol. The van der Waals surface area contributed by atoms with E-state index < -0.39 is 0 Å². The van der Waals surface area contributed by atoms with Crippen molar-refractivity contribution in [3.05, 3.63) is 0 Å². The van der Waals surface area contributed by atoms with E-state index in [1.807, 2.05) is 0 Å². The highest BCUT2D eigenvalue weighted by Crippen LogP contribution is 2.18. The van der Waals surface area contributed by atoms with Crippen molar-refractivity contribution in [2.75, 3.05) is 6.54 Å². The minimum atomic E-state index is -0.0113. The molecule has 1 unspecified atom stereocenters. The molecule has 1 saturated carbocycles. The molecule has 72 valence electrons. The van der Waals surface area contributed by atoms with Gasteiger partial charge in [-0.15, -0.1) is 0 Å². The maximum atomic E-state index is 6.03. The van der Waals surface area contributed by atoms with Gasteiger partial charge in [-0.2, -0.15) is 0 Å². The Morgan fingerprint density at radius 1 is 1.42 bits per heavy atom. The third-order valence-corrected chi connectivity index (χ3v) is 2.96. The van der Waals surface area contributed by atoms with Crippen molar-refractivity contribution in [2.24, 2.45) is 5.73 Å². The van der Waals surface area contributed by atoms with Gasteiger partial charge < -0.3 is 11.1 Å². The van der Waals surface area contributed by atoms with E-state index in [0.29, 0.717) is 0 Å². The van der Waals surface area contributed by atoms with Gasteiger partial charge in [0.25, 0.3) is 0 Å². The summed E-state index contributed by atoms with van der Waals surface area (Å²) >= 11 is 0. The molecule has 3 N–H and O–H groups in total. The van der Waals surface area contributed by atoms with Crippen LogP contribution in [0.2, 0.25) is 0 Å². The molecule has 0 aliphatic heterocycles. The van der Waals surface area contributed by atoms with Crippen molar-refractivity contribution in [3.63, 3.8) is 0 Å². The minimum Gasteiger partial charge on any atom is -0.324 e. The van der Waals surface area contributed by atoms with Crippen LogP contribution in [0.5, 0.6) is 0 Å². The zero-order valence-electron chi connectivity index (χ0n) is 8.40. The normalized spacial score (nSPS) is 24.2. The molecule has 1 aliphatic rings. The summed E-state index contributed by atoms with van der Waals surface area (Å²) in [6.45, 7) is 5.24. The van der Waals surface area contributed by atoms with Crippen molar-refractivity contribution >= 4 is 0 Å². The average Bonchev–Trinajstić information content (AvgIpc) is 2.53. The van der Waals surface area contributed by atoms with Gasteiger partial charge in [-0.1, -0.05) is 19.8 Å². The van der Waals surface area contributed by atoms with Crippen LogP contribution in [0.4, 0.5) is 0 Å². The second-order valence-electron chi connectivity index (χ2n) is 4.37. The lowest BCUT2D eigenvalue weighted by Gasteiger charge is -2.25. The van der Waals surface area contributed by atoms with Crippen molar-refractivity contribution in [3.8, 4) is 0 Å². The highest BCUT2D eigenvalue weighted by Gasteiger charge is 2.19. The minimum absolute atomic E-state index is 0.0113. The Hall–Kier alpha value is -0.0800. The number of rotatable bonds is 4. The topological polar surface area (TPSA) is 38.0 Å². The summed E-state index contributed by atoms with van der Waals surface area (Å²) in [6, 6.07) is 0.749. The van der Waals surface area contributed by atoms with Crippen molar-refractivity contribution in [2.45, 2.75) is 57.5 Å². The molecule has 2 heteroatoms. The highest BCUT2D eigenvalue weighted by atomic mass is 15.0. The Balaban J connectivity index is 2.15. The standard InChI is InChI=1S/C10H22N2/c1-3-10(2,11)8-12-9-6-4-5-7-9/h9,12H,3-8,11H2,1-2H3. The zero-order chi connectivity index (χ0) is 9.03. The summed E-state index contributed by atoms with van der Waals surface area (Å²) in [7, 11) is 0. The summed E-state index contributed by atoms with van der Waals surface area (Å²) < 4.78 is 0. The number of hydrogen-bond acceptors (Lipinski definition) is 2. The van der Waals surface area contributed by atoms with Crippen LogP contribution in [0, 0.1) is 0 Å². The molecule has 0 amide bonds. The van der Waals surface area contributed by atoms with Crippen molar-refractivity contribution in [1.82, 2.24) is 5.32 Å². The second kappa shape index (κ2) is 4.24. The van der Waals surface area contributed by atoms with Gasteiger partial charge in [-0.25, -0.2) is 0 Å². The molecule has 0 spiro atoms. The molecule has 1 fully saturated rings. The van der Waals surface area contributed by atoms with E-state index in [-0.39, 0.29) is 5.54 Å². The third-order valence-electron chi connectivity index (χ3n) is 2.96. The van der Waals surface area contributed by atoms with Crippen LogP contribution in [0.25, 0.3) is 0 Å². The fourth-order valence-electron chi connectivity index (χ4n) is 1.63. The predicted molar refractivity (Wildman–Crippen MR) is 53.1 cm³/mol. The first-order valence-electron chi connectivity index (χ1n) is 5.16. The van der Waals surface area contributed by atoms with Gasteiger partial charge in [-0.05, 0) is 26.2 Å². The Kier molecular flexibility index (Phi) is 3.53.